The van der Waals surface area contributed by atoms with Crippen molar-refractivity contribution in [2.45, 2.75) is 6.42 Å². The summed E-state index contributed by atoms with van der Waals surface area (Å²) in [7, 11) is 0. The Labute approximate surface area is 162 Å². The number of nitrogens with one attached hydrogen (secondary N) is 1. The predicted octanol–water partition coefficient (Wildman–Crippen LogP) is 3.06. The lowest BCUT2D eigenvalue weighted by Crippen LogP contribution is -2.11. The van der Waals surface area contributed by atoms with Gasteiger partial charge in [0, 0.05) is 21.2 Å². The largest absolute Gasteiger partial charge is 0.478 e. The lowest BCUT2D eigenvalue weighted by atomic mass is 10.00. The molecule has 3 rings (SSSR count). The molecule has 0 aliphatic rings. The van der Waals surface area contributed by atoms with Gasteiger partial charge in [-0.05, 0) is 24.3 Å². The summed E-state index contributed by atoms with van der Waals surface area (Å²) in [6.45, 7) is 0. The fourth-order valence-electron chi connectivity index (χ4n) is 2.66. The van der Waals surface area contributed by atoms with Gasteiger partial charge in [0.25, 0.3) is 0 Å². The molecule has 0 atom stereocenters. The van der Waals surface area contributed by atoms with Crippen molar-refractivity contribution in [3.05, 3.63) is 75.4 Å². The number of carboxylic acids is 1. The first-order valence-electron chi connectivity index (χ1n) is 7.86. The minimum Gasteiger partial charge on any atom is -0.478 e. The zero-order valence-corrected chi connectivity index (χ0v) is 15.5. The molecule has 0 unspecified atom stereocenters. The van der Waals surface area contributed by atoms with Crippen LogP contribution in [-0.4, -0.2) is 33.0 Å². The molecule has 2 aromatic carbocycles. The summed E-state index contributed by atoms with van der Waals surface area (Å²) < 4.78 is 0.837. The third kappa shape index (κ3) is 3.95. The normalized spacial score (nSPS) is 10.6. The highest BCUT2D eigenvalue weighted by Gasteiger charge is 2.23. The monoisotopic (exact) mass is 427 g/mol. The Hall–Kier alpha value is -3.26. The van der Waals surface area contributed by atoms with Gasteiger partial charge < -0.3 is 10.8 Å². The molecule has 0 fully saturated rings. The molecule has 1 heterocycles. The van der Waals surface area contributed by atoms with Gasteiger partial charge in [-0.3, -0.25) is 14.7 Å². The van der Waals surface area contributed by atoms with Gasteiger partial charge in [-0.2, -0.15) is 5.10 Å². The molecule has 0 spiro atoms. The van der Waals surface area contributed by atoms with E-state index in [1.807, 2.05) is 0 Å². The SMILES string of the molecule is NC(=O)c1cccc(-c2n[nH]c(CC(=O)c3ccc(Br)cc3)c2C(=O)O)c1. The number of carbonyl (C=O) groups excluding carboxylic acids is 2. The Kier molecular flexibility index (Phi) is 5.18. The van der Waals surface area contributed by atoms with Crippen molar-refractivity contribution in [3.63, 3.8) is 0 Å². The quantitative estimate of drug-likeness (QED) is 0.521. The Morgan fingerprint density at radius 1 is 1.07 bits per heavy atom. The number of aromatic amines is 1. The lowest BCUT2D eigenvalue weighted by Gasteiger charge is -2.04. The number of aromatic carboxylic acids is 1. The van der Waals surface area contributed by atoms with Crippen molar-refractivity contribution in [3.8, 4) is 11.3 Å². The zero-order chi connectivity index (χ0) is 19.6. The lowest BCUT2D eigenvalue weighted by molar-refractivity contribution is 0.0696. The molecule has 3 aromatic rings. The fourth-order valence-corrected chi connectivity index (χ4v) is 2.93. The van der Waals surface area contributed by atoms with E-state index in [0.717, 1.165) is 4.47 Å². The molecule has 0 radical (unpaired) electrons. The van der Waals surface area contributed by atoms with Crippen LogP contribution in [0.3, 0.4) is 0 Å². The average Bonchev–Trinajstić information content (AvgIpc) is 3.06. The van der Waals surface area contributed by atoms with Gasteiger partial charge in [-0.15, -0.1) is 0 Å². The fraction of sp³-hybridized carbons (Fsp3) is 0.0526. The van der Waals surface area contributed by atoms with Gasteiger partial charge in [0.15, 0.2) is 5.78 Å². The minimum absolute atomic E-state index is 0.109. The van der Waals surface area contributed by atoms with Gasteiger partial charge in [-0.25, -0.2) is 4.79 Å². The highest BCUT2D eigenvalue weighted by Crippen LogP contribution is 2.26. The molecule has 0 aliphatic carbocycles. The van der Waals surface area contributed by atoms with Gasteiger partial charge in [-0.1, -0.05) is 40.2 Å². The van der Waals surface area contributed by atoms with E-state index in [4.69, 9.17) is 5.73 Å². The number of ketones is 1. The first-order valence-corrected chi connectivity index (χ1v) is 8.65. The number of benzene rings is 2. The standard InChI is InChI=1S/C19H14BrN3O4/c20-13-6-4-10(5-7-13)15(24)9-14-16(19(26)27)17(23-22-14)11-2-1-3-12(8-11)18(21)25/h1-8H,9H2,(H2,21,25)(H,22,23)(H,26,27). The molecule has 8 heteroatoms. The Morgan fingerprint density at radius 3 is 2.41 bits per heavy atom. The van der Waals surface area contributed by atoms with Crippen LogP contribution in [-0.2, 0) is 6.42 Å². The highest BCUT2D eigenvalue weighted by molar-refractivity contribution is 9.10. The van der Waals surface area contributed by atoms with Gasteiger partial charge in [0.1, 0.15) is 11.3 Å². The topological polar surface area (TPSA) is 126 Å². The van der Waals surface area contributed by atoms with Crippen molar-refractivity contribution < 1.29 is 19.5 Å². The summed E-state index contributed by atoms with van der Waals surface area (Å²) in [4.78, 5) is 35.6. The van der Waals surface area contributed by atoms with Crippen molar-refractivity contribution in [1.82, 2.24) is 10.2 Å². The first-order chi connectivity index (χ1) is 12.9. The smallest absolute Gasteiger partial charge is 0.339 e. The summed E-state index contributed by atoms with van der Waals surface area (Å²) in [5.74, 6) is -2.09. The van der Waals surface area contributed by atoms with E-state index in [1.165, 1.54) is 12.1 Å². The summed E-state index contributed by atoms with van der Waals surface area (Å²) in [5.41, 5.74) is 6.61. The molecule has 27 heavy (non-hydrogen) atoms. The van der Waals surface area contributed by atoms with E-state index in [9.17, 15) is 19.5 Å². The third-order valence-corrected chi connectivity index (χ3v) is 4.51. The molecule has 136 valence electrons. The Balaban J connectivity index is 1.97. The van der Waals surface area contributed by atoms with E-state index in [1.54, 1.807) is 36.4 Å². The number of nitrogens with two attached hydrogens (primary N) is 1. The van der Waals surface area contributed by atoms with Crippen LogP contribution in [0.4, 0.5) is 0 Å². The summed E-state index contributed by atoms with van der Waals surface area (Å²) in [6, 6.07) is 13.0. The molecule has 1 aromatic heterocycles. The second-order valence-corrected chi connectivity index (χ2v) is 6.70. The average molecular weight is 428 g/mol. The number of rotatable bonds is 6. The van der Waals surface area contributed by atoms with Crippen molar-refractivity contribution in [2.75, 3.05) is 0 Å². The van der Waals surface area contributed by atoms with Crippen LogP contribution < -0.4 is 5.73 Å². The molecular formula is C19H14BrN3O4. The number of amides is 1. The third-order valence-electron chi connectivity index (χ3n) is 3.98. The van der Waals surface area contributed by atoms with Crippen LogP contribution in [0.2, 0.25) is 0 Å². The van der Waals surface area contributed by atoms with Crippen molar-refractivity contribution >= 4 is 33.6 Å². The number of nitrogens with zero attached hydrogens (tertiary/aromatic N) is 1. The molecule has 1 amide bonds. The van der Waals surface area contributed by atoms with Crippen LogP contribution in [0.1, 0.15) is 36.8 Å². The number of halogens is 1. The van der Waals surface area contributed by atoms with Gasteiger partial charge >= 0.3 is 5.97 Å². The van der Waals surface area contributed by atoms with E-state index in [0.29, 0.717) is 11.1 Å². The number of carboxylic acid groups (broad SMARTS) is 1. The molecule has 0 saturated carbocycles. The van der Waals surface area contributed by atoms with Crippen molar-refractivity contribution in [1.29, 1.82) is 0 Å². The summed E-state index contributed by atoms with van der Waals surface area (Å²) in [5, 5.41) is 16.3. The molecular weight excluding hydrogens is 414 g/mol. The molecule has 0 saturated heterocycles. The van der Waals surface area contributed by atoms with Crippen LogP contribution in [0.25, 0.3) is 11.3 Å². The number of primary amides is 1. The maximum absolute atomic E-state index is 12.5. The van der Waals surface area contributed by atoms with Crippen molar-refractivity contribution in [2.24, 2.45) is 5.73 Å². The van der Waals surface area contributed by atoms with E-state index in [-0.39, 0.29) is 34.7 Å². The maximum atomic E-state index is 12.5. The number of aromatic nitrogens is 2. The highest BCUT2D eigenvalue weighted by atomic mass is 79.9. The van der Waals surface area contributed by atoms with Crippen LogP contribution in [0.5, 0.6) is 0 Å². The number of carbonyl (C=O) groups is 3. The first kappa shape index (κ1) is 18.5. The second-order valence-electron chi connectivity index (χ2n) is 5.78. The molecule has 4 N–H and O–H groups in total. The molecule has 0 aliphatic heterocycles. The van der Waals surface area contributed by atoms with Gasteiger partial charge in [0.05, 0.1) is 12.1 Å². The number of H-pyrrole nitrogens is 1. The Bertz CT molecular complexity index is 1040. The number of hydrogen-bond donors (Lipinski definition) is 3. The van der Waals surface area contributed by atoms with Crippen LogP contribution >= 0.6 is 15.9 Å². The van der Waals surface area contributed by atoms with Crippen LogP contribution in [0, 0.1) is 0 Å². The molecule has 0 bridgehead atoms. The van der Waals surface area contributed by atoms with E-state index < -0.39 is 11.9 Å². The van der Waals surface area contributed by atoms with Crippen LogP contribution in [0.15, 0.2) is 53.0 Å². The minimum atomic E-state index is -1.22. The maximum Gasteiger partial charge on any atom is 0.339 e. The van der Waals surface area contributed by atoms with E-state index >= 15 is 0 Å². The Morgan fingerprint density at radius 2 is 1.78 bits per heavy atom. The summed E-state index contributed by atoms with van der Waals surface area (Å²) in [6.07, 6.45) is -0.147. The number of hydrogen-bond acceptors (Lipinski definition) is 4. The predicted molar refractivity (Wildman–Crippen MR) is 102 cm³/mol. The second kappa shape index (κ2) is 7.55. The zero-order valence-electron chi connectivity index (χ0n) is 13.9. The molecule has 7 nitrogen and oxygen atoms in total. The van der Waals surface area contributed by atoms with Gasteiger partial charge in [0.2, 0.25) is 5.91 Å². The number of Topliss-reactive ketones (excluding diaryl/α,β-unsaturated/α-hetero) is 1. The van der Waals surface area contributed by atoms with E-state index in [2.05, 4.69) is 26.1 Å². The summed E-state index contributed by atoms with van der Waals surface area (Å²) >= 11 is 3.30.